The number of rotatable bonds is 2. The number of nitrogens with two attached hydrogens (primary N) is 1. The van der Waals surface area contributed by atoms with E-state index < -0.39 is 0 Å². The van der Waals surface area contributed by atoms with Gasteiger partial charge < -0.3 is 10.5 Å². The van der Waals surface area contributed by atoms with Gasteiger partial charge in [-0.3, -0.25) is 0 Å². The van der Waals surface area contributed by atoms with Crippen molar-refractivity contribution in [3.8, 4) is 11.7 Å². The van der Waals surface area contributed by atoms with Crippen LogP contribution in [0.1, 0.15) is 0 Å². The molecule has 0 amide bonds. The predicted octanol–water partition coefficient (Wildman–Crippen LogP) is 1.41. The molecule has 0 radical (unpaired) electrons. The van der Waals surface area contributed by atoms with Crippen LogP contribution < -0.4 is 10.5 Å². The van der Waals surface area contributed by atoms with Crippen molar-refractivity contribution in [2.45, 2.75) is 0 Å². The van der Waals surface area contributed by atoms with Crippen LogP contribution in [0.5, 0.6) is 5.88 Å². The number of aromatic nitrogens is 4. The zero-order valence-corrected chi connectivity index (χ0v) is 9.74. The van der Waals surface area contributed by atoms with Crippen LogP contribution >= 0.6 is 0 Å². The summed E-state index contributed by atoms with van der Waals surface area (Å²) in [5.74, 6) is 1.00. The van der Waals surface area contributed by atoms with Gasteiger partial charge in [0.1, 0.15) is 5.52 Å². The van der Waals surface area contributed by atoms with Gasteiger partial charge in [-0.15, -0.1) is 5.10 Å². The van der Waals surface area contributed by atoms with E-state index in [1.807, 2.05) is 24.3 Å². The molecule has 1 aromatic carbocycles. The maximum atomic E-state index is 5.92. The summed E-state index contributed by atoms with van der Waals surface area (Å²) in [6.07, 6.45) is 0. The largest absolute Gasteiger partial charge is 0.481 e. The van der Waals surface area contributed by atoms with Gasteiger partial charge in [0.2, 0.25) is 5.88 Å². The van der Waals surface area contributed by atoms with Gasteiger partial charge in [-0.2, -0.15) is 9.67 Å². The first-order chi connectivity index (χ1) is 8.79. The molecule has 0 spiro atoms. The Hall–Kier alpha value is -2.63. The van der Waals surface area contributed by atoms with Crippen molar-refractivity contribution in [3.05, 3.63) is 36.4 Å². The SMILES string of the molecule is COc1ccc(N)c(-n2nnc3ccccc32)n1. The Kier molecular flexibility index (Phi) is 2.33. The highest BCUT2D eigenvalue weighted by Gasteiger charge is 2.11. The Morgan fingerprint density at radius 2 is 2.00 bits per heavy atom. The second-order valence-electron chi connectivity index (χ2n) is 3.76. The van der Waals surface area contributed by atoms with E-state index in [1.54, 1.807) is 23.9 Å². The number of hydrogen-bond donors (Lipinski definition) is 1. The number of nitrogen functional groups attached to an aromatic ring is 1. The average molecular weight is 241 g/mol. The normalized spacial score (nSPS) is 10.7. The molecule has 6 heteroatoms. The molecule has 0 saturated carbocycles. The highest BCUT2D eigenvalue weighted by molar-refractivity contribution is 5.76. The highest BCUT2D eigenvalue weighted by Crippen LogP contribution is 2.21. The van der Waals surface area contributed by atoms with Crippen LogP contribution in [0.25, 0.3) is 16.9 Å². The molecule has 3 rings (SSSR count). The molecule has 0 aliphatic carbocycles. The Morgan fingerprint density at radius 1 is 1.17 bits per heavy atom. The van der Waals surface area contributed by atoms with Crippen molar-refractivity contribution >= 4 is 16.7 Å². The summed E-state index contributed by atoms with van der Waals surface area (Å²) in [5, 5.41) is 8.14. The second-order valence-corrected chi connectivity index (χ2v) is 3.76. The Balaban J connectivity index is 2.25. The maximum Gasteiger partial charge on any atom is 0.215 e. The van der Waals surface area contributed by atoms with Crippen molar-refractivity contribution in [1.29, 1.82) is 0 Å². The molecule has 0 atom stereocenters. The van der Waals surface area contributed by atoms with Crippen LogP contribution in [0.2, 0.25) is 0 Å². The quantitative estimate of drug-likeness (QED) is 0.733. The number of para-hydroxylation sites is 1. The van der Waals surface area contributed by atoms with Gasteiger partial charge in [0.05, 0.1) is 18.3 Å². The average Bonchev–Trinajstić information content (AvgIpc) is 2.83. The van der Waals surface area contributed by atoms with Crippen LogP contribution in [0.3, 0.4) is 0 Å². The molecule has 0 bridgehead atoms. The lowest BCUT2D eigenvalue weighted by atomic mass is 10.3. The first-order valence-corrected chi connectivity index (χ1v) is 5.41. The lowest BCUT2D eigenvalue weighted by molar-refractivity contribution is 0.397. The number of pyridine rings is 1. The molecule has 0 aliphatic rings. The van der Waals surface area contributed by atoms with Crippen molar-refractivity contribution in [3.63, 3.8) is 0 Å². The van der Waals surface area contributed by atoms with E-state index >= 15 is 0 Å². The fourth-order valence-electron chi connectivity index (χ4n) is 1.75. The number of hydrogen-bond acceptors (Lipinski definition) is 5. The van der Waals surface area contributed by atoms with E-state index in [2.05, 4.69) is 15.3 Å². The van der Waals surface area contributed by atoms with Gasteiger partial charge in [-0.1, -0.05) is 17.3 Å². The van der Waals surface area contributed by atoms with Gasteiger partial charge in [0.25, 0.3) is 0 Å². The summed E-state index contributed by atoms with van der Waals surface area (Å²) in [5.41, 5.74) is 8.08. The molecule has 6 nitrogen and oxygen atoms in total. The molecule has 90 valence electrons. The van der Waals surface area contributed by atoms with Crippen LogP contribution in [0, 0.1) is 0 Å². The van der Waals surface area contributed by atoms with E-state index in [4.69, 9.17) is 10.5 Å². The third-order valence-electron chi connectivity index (χ3n) is 2.64. The minimum absolute atomic E-state index is 0.485. The lowest BCUT2D eigenvalue weighted by Gasteiger charge is -2.06. The van der Waals surface area contributed by atoms with E-state index in [-0.39, 0.29) is 0 Å². The van der Waals surface area contributed by atoms with E-state index in [0.29, 0.717) is 17.4 Å². The summed E-state index contributed by atoms with van der Waals surface area (Å²) in [6.45, 7) is 0. The number of nitrogens with zero attached hydrogens (tertiary/aromatic N) is 4. The molecule has 2 aromatic heterocycles. The summed E-state index contributed by atoms with van der Waals surface area (Å²) in [7, 11) is 1.56. The molecule has 0 aliphatic heterocycles. The molecule has 0 fully saturated rings. The van der Waals surface area contributed by atoms with Gasteiger partial charge in [-0.05, 0) is 18.2 Å². The fourth-order valence-corrected chi connectivity index (χ4v) is 1.75. The van der Waals surface area contributed by atoms with E-state index in [9.17, 15) is 0 Å². The molecule has 0 unspecified atom stereocenters. The van der Waals surface area contributed by atoms with Gasteiger partial charge in [0.15, 0.2) is 5.82 Å². The zero-order chi connectivity index (χ0) is 12.5. The highest BCUT2D eigenvalue weighted by atomic mass is 16.5. The molecule has 2 heterocycles. The first-order valence-electron chi connectivity index (χ1n) is 5.41. The topological polar surface area (TPSA) is 78.9 Å². The van der Waals surface area contributed by atoms with Gasteiger partial charge >= 0.3 is 0 Å². The Labute approximate surface area is 103 Å². The summed E-state index contributed by atoms with van der Waals surface area (Å²) < 4.78 is 6.70. The smallest absolute Gasteiger partial charge is 0.215 e. The van der Waals surface area contributed by atoms with Crippen molar-refractivity contribution in [1.82, 2.24) is 20.0 Å². The van der Waals surface area contributed by atoms with E-state index in [0.717, 1.165) is 11.0 Å². The minimum Gasteiger partial charge on any atom is -0.481 e. The molecule has 18 heavy (non-hydrogen) atoms. The standard InChI is InChI=1S/C12H11N5O/c1-18-11-7-6-8(13)12(14-11)17-10-5-3-2-4-9(10)15-16-17/h2-7H,13H2,1H3. The molecule has 2 N–H and O–H groups in total. The van der Waals surface area contributed by atoms with Crippen molar-refractivity contribution in [2.24, 2.45) is 0 Å². The van der Waals surface area contributed by atoms with Gasteiger partial charge in [0, 0.05) is 6.07 Å². The zero-order valence-electron chi connectivity index (χ0n) is 9.74. The van der Waals surface area contributed by atoms with E-state index in [1.165, 1.54) is 0 Å². The minimum atomic E-state index is 0.485. The predicted molar refractivity (Wildman–Crippen MR) is 67.6 cm³/mol. The molecule has 0 saturated heterocycles. The van der Waals surface area contributed by atoms with Crippen molar-refractivity contribution < 1.29 is 4.74 Å². The summed E-state index contributed by atoms with van der Waals surface area (Å²) in [4.78, 5) is 4.30. The summed E-state index contributed by atoms with van der Waals surface area (Å²) >= 11 is 0. The lowest BCUT2D eigenvalue weighted by Crippen LogP contribution is -2.05. The number of benzene rings is 1. The third-order valence-corrected chi connectivity index (χ3v) is 2.64. The fraction of sp³-hybridized carbons (Fsp3) is 0.0833. The molecular formula is C12H11N5O. The van der Waals surface area contributed by atoms with Crippen LogP contribution in [0.4, 0.5) is 5.69 Å². The van der Waals surface area contributed by atoms with Crippen LogP contribution in [-0.4, -0.2) is 27.1 Å². The number of ether oxygens (including phenoxy) is 1. The van der Waals surface area contributed by atoms with Gasteiger partial charge in [-0.25, -0.2) is 0 Å². The Bertz CT molecular complexity index is 707. The number of methoxy groups -OCH3 is 1. The molecule has 3 aromatic rings. The number of anilines is 1. The maximum absolute atomic E-state index is 5.92. The third kappa shape index (κ3) is 1.55. The summed E-state index contributed by atoms with van der Waals surface area (Å²) in [6, 6.07) is 11.1. The Morgan fingerprint density at radius 3 is 2.83 bits per heavy atom. The van der Waals surface area contributed by atoms with Crippen LogP contribution in [-0.2, 0) is 0 Å². The molecular weight excluding hydrogens is 230 g/mol. The van der Waals surface area contributed by atoms with Crippen LogP contribution in [0.15, 0.2) is 36.4 Å². The number of fused-ring (bicyclic) bond motifs is 1. The second kappa shape index (κ2) is 3.99. The van der Waals surface area contributed by atoms with Crippen molar-refractivity contribution in [2.75, 3.05) is 12.8 Å². The first kappa shape index (κ1) is 10.5. The monoisotopic (exact) mass is 241 g/mol.